The second-order valence-electron chi connectivity index (χ2n) is 6.72. The van der Waals surface area contributed by atoms with Gasteiger partial charge < -0.3 is 0 Å². The van der Waals surface area contributed by atoms with Gasteiger partial charge in [-0.05, 0) is 61.7 Å². The lowest BCUT2D eigenvalue weighted by atomic mass is 9.60. The van der Waals surface area contributed by atoms with Crippen molar-refractivity contribution < 1.29 is 0 Å². The fraction of sp³-hybridized carbons (Fsp3) is 1.00. The van der Waals surface area contributed by atoms with Crippen LogP contribution in [0.15, 0.2) is 0 Å². The Hall–Kier alpha value is 0. The summed E-state index contributed by atoms with van der Waals surface area (Å²) in [5.74, 6) is 1.12. The standard InChI is InChI=1S/C15H26/c1-2-15-8-5-3-4-7-14(10-11-15)9-6-13(15)12-14/h13H,2-12H2,1H3/t13?,14?,15-/m1/s1. The van der Waals surface area contributed by atoms with Crippen LogP contribution in [0.2, 0.25) is 0 Å². The van der Waals surface area contributed by atoms with Crippen LogP contribution in [0.4, 0.5) is 0 Å². The van der Waals surface area contributed by atoms with Crippen molar-refractivity contribution in [3.05, 3.63) is 0 Å². The molecule has 0 spiro atoms. The molecule has 0 amide bonds. The molecule has 3 rings (SSSR count). The molecular formula is C15H26. The molecule has 0 aromatic heterocycles. The molecule has 0 N–H and O–H groups in total. The molecule has 0 nitrogen and oxygen atoms in total. The highest BCUT2D eigenvalue weighted by Crippen LogP contribution is 2.63. The van der Waals surface area contributed by atoms with Crippen molar-refractivity contribution in [1.29, 1.82) is 0 Å². The van der Waals surface area contributed by atoms with E-state index in [2.05, 4.69) is 6.92 Å². The molecule has 3 fully saturated rings. The van der Waals surface area contributed by atoms with Gasteiger partial charge in [0.25, 0.3) is 0 Å². The molecule has 15 heavy (non-hydrogen) atoms. The van der Waals surface area contributed by atoms with Crippen LogP contribution in [0, 0.1) is 16.7 Å². The molecule has 0 aliphatic heterocycles. The Morgan fingerprint density at radius 3 is 2.67 bits per heavy atom. The Balaban J connectivity index is 1.91. The highest BCUT2D eigenvalue weighted by atomic mass is 14.6. The predicted molar refractivity (Wildman–Crippen MR) is 64.8 cm³/mol. The van der Waals surface area contributed by atoms with Gasteiger partial charge >= 0.3 is 0 Å². The fourth-order valence-corrected chi connectivity index (χ4v) is 5.15. The minimum Gasteiger partial charge on any atom is -0.0648 e. The van der Waals surface area contributed by atoms with E-state index in [0.717, 1.165) is 16.7 Å². The van der Waals surface area contributed by atoms with Gasteiger partial charge in [-0.1, -0.05) is 32.6 Å². The summed E-state index contributed by atoms with van der Waals surface area (Å²) >= 11 is 0. The summed E-state index contributed by atoms with van der Waals surface area (Å²) in [6.07, 6.45) is 17.1. The van der Waals surface area contributed by atoms with Gasteiger partial charge in [-0.2, -0.15) is 0 Å². The van der Waals surface area contributed by atoms with Crippen LogP contribution in [-0.4, -0.2) is 0 Å². The monoisotopic (exact) mass is 206 g/mol. The van der Waals surface area contributed by atoms with E-state index < -0.39 is 0 Å². The van der Waals surface area contributed by atoms with Crippen molar-refractivity contribution in [1.82, 2.24) is 0 Å². The van der Waals surface area contributed by atoms with Crippen LogP contribution in [-0.2, 0) is 0 Å². The third-order valence-electron chi connectivity index (χ3n) is 6.31. The second-order valence-corrected chi connectivity index (χ2v) is 6.72. The molecule has 0 saturated heterocycles. The summed E-state index contributed by atoms with van der Waals surface area (Å²) in [6.45, 7) is 2.46. The van der Waals surface area contributed by atoms with Gasteiger partial charge in [-0.15, -0.1) is 0 Å². The van der Waals surface area contributed by atoms with Gasteiger partial charge in [-0.3, -0.25) is 0 Å². The first-order chi connectivity index (χ1) is 7.29. The number of hydrogen-bond donors (Lipinski definition) is 0. The van der Waals surface area contributed by atoms with Crippen molar-refractivity contribution >= 4 is 0 Å². The zero-order valence-electron chi connectivity index (χ0n) is 10.4. The number of rotatable bonds is 1. The van der Waals surface area contributed by atoms with Crippen LogP contribution in [0.1, 0.15) is 77.6 Å². The molecule has 2 unspecified atom stereocenters. The summed E-state index contributed by atoms with van der Waals surface area (Å²) in [4.78, 5) is 0. The highest BCUT2D eigenvalue weighted by Gasteiger charge is 2.52. The molecule has 0 radical (unpaired) electrons. The third-order valence-corrected chi connectivity index (χ3v) is 6.31. The lowest BCUT2D eigenvalue weighted by Gasteiger charge is -2.45. The zero-order valence-corrected chi connectivity index (χ0v) is 10.4. The van der Waals surface area contributed by atoms with Gasteiger partial charge in [0, 0.05) is 0 Å². The maximum absolute atomic E-state index is 2.46. The van der Waals surface area contributed by atoms with Gasteiger partial charge in [0.1, 0.15) is 0 Å². The lowest BCUT2D eigenvalue weighted by molar-refractivity contribution is 0.0516. The first-order valence-electron chi connectivity index (χ1n) is 7.29. The van der Waals surface area contributed by atoms with Gasteiger partial charge in [0.2, 0.25) is 0 Å². The number of hydrogen-bond acceptors (Lipinski definition) is 0. The molecule has 0 heterocycles. The highest BCUT2D eigenvalue weighted by molar-refractivity contribution is 5.03. The van der Waals surface area contributed by atoms with E-state index in [0.29, 0.717) is 0 Å². The van der Waals surface area contributed by atoms with E-state index in [1.165, 1.54) is 25.7 Å². The summed E-state index contributed by atoms with van der Waals surface area (Å²) in [5.41, 5.74) is 1.64. The van der Waals surface area contributed by atoms with E-state index in [1.807, 2.05) is 0 Å². The minimum atomic E-state index is 0.796. The van der Waals surface area contributed by atoms with Crippen LogP contribution in [0.5, 0.6) is 0 Å². The largest absolute Gasteiger partial charge is 0.0648 e. The van der Waals surface area contributed by atoms with E-state index >= 15 is 0 Å². The van der Waals surface area contributed by atoms with Crippen molar-refractivity contribution in [2.45, 2.75) is 77.6 Å². The lowest BCUT2D eigenvalue weighted by Crippen LogP contribution is -2.35. The first-order valence-corrected chi connectivity index (χ1v) is 7.29. The molecule has 3 saturated carbocycles. The molecule has 0 aromatic carbocycles. The molecule has 0 heteroatoms. The van der Waals surface area contributed by atoms with Crippen molar-refractivity contribution in [3.63, 3.8) is 0 Å². The fourth-order valence-electron chi connectivity index (χ4n) is 5.15. The Bertz CT molecular complexity index is 244. The first kappa shape index (κ1) is 10.2. The molecule has 3 atom stereocenters. The molecule has 3 aliphatic rings. The average Bonchev–Trinajstić information content (AvgIpc) is 2.69. The summed E-state index contributed by atoms with van der Waals surface area (Å²) in [5, 5.41) is 0. The van der Waals surface area contributed by atoms with Crippen molar-refractivity contribution in [2.75, 3.05) is 0 Å². The van der Waals surface area contributed by atoms with Crippen LogP contribution in [0.3, 0.4) is 0 Å². The summed E-state index contributed by atoms with van der Waals surface area (Å²) in [7, 11) is 0. The normalized spacial score (nSPS) is 49.8. The van der Waals surface area contributed by atoms with Gasteiger partial charge in [0.05, 0.1) is 0 Å². The minimum absolute atomic E-state index is 0.796. The Labute approximate surface area is 94.8 Å². The average molecular weight is 206 g/mol. The maximum atomic E-state index is 2.46. The molecule has 3 bridgehead atoms. The molecular weight excluding hydrogens is 180 g/mol. The zero-order chi connectivity index (χ0) is 10.4. The Morgan fingerprint density at radius 2 is 1.80 bits per heavy atom. The second kappa shape index (κ2) is 3.50. The molecule has 86 valence electrons. The Morgan fingerprint density at radius 1 is 0.933 bits per heavy atom. The van der Waals surface area contributed by atoms with Crippen LogP contribution < -0.4 is 0 Å². The summed E-state index contributed by atoms with van der Waals surface area (Å²) in [6, 6.07) is 0. The van der Waals surface area contributed by atoms with Gasteiger partial charge in [-0.25, -0.2) is 0 Å². The van der Waals surface area contributed by atoms with Crippen molar-refractivity contribution in [2.24, 2.45) is 16.7 Å². The van der Waals surface area contributed by atoms with Crippen LogP contribution in [0.25, 0.3) is 0 Å². The van der Waals surface area contributed by atoms with E-state index in [-0.39, 0.29) is 0 Å². The predicted octanol–water partition coefficient (Wildman–Crippen LogP) is 4.93. The quantitative estimate of drug-likeness (QED) is 0.571. The molecule has 0 aromatic rings. The van der Waals surface area contributed by atoms with Gasteiger partial charge in [0.15, 0.2) is 0 Å². The maximum Gasteiger partial charge on any atom is -0.0271 e. The SMILES string of the molecule is CC[C@]12CCCCCC3(CCC1C3)CC2. The van der Waals surface area contributed by atoms with E-state index in [4.69, 9.17) is 0 Å². The smallest absolute Gasteiger partial charge is 0.0271 e. The third kappa shape index (κ3) is 1.47. The molecule has 3 aliphatic carbocycles. The summed E-state index contributed by atoms with van der Waals surface area (Å²) < 4.78 is 0. The van der Waals surface area contributed by atoms with Crippen LogP contribution >= 0.6 is 0 Å². The topological polar surface area (TPSA) is 0 Å². The van der Waals surface area contributed by atoms with E-state index in [9.17, 15) is 0 Å². The van der Waals surface area contributed by atoms with E-state index in [1.54, 1.807) is 44.9 Å². The van der Waals surface area contributed by atoms with Crippen molar-refractivity contribution in [3.8, 4) is 0 Å². The Kier molecular flexibility index (Phi) is 2.37.